The van der Waals surface area contributed by atoms with Crippen LogP contribution in [0.3, 0.4) is 0 Å². The molecule has 1 aliphatic rings. The van der Waals surface area contributed by atoms with Crippen LogP contribution < -0.4 is 11.1 Å². The monoisotopic (exact) mass is 356 g/mol. The van der Waals surface area contributed by atoms with Gasteiger partial charge in [-0.15, -0.1) is 0 Å². The number of aliphatic imine (C=N–C) groups is 1. The average Bonchev–Trinajstić information content (AvgIpc) is 2.62. The summed E-state index contributed by atoms with van der Waals surface area (Å²) in [6.45, 7) is 9.79. The SMILES string of the molecule is C=C(Nc1ccc(C(=O)N2CCOCC2)cc1)/C(=C\N=C(C)C)C(N)=O. The number of morpholine rings is 1. The topological polar surface area (TPSA) is 97.0 Å². The van der Waals surface area contributed by atoms with E-state index in [0.717, 1.165) is 5.71 Å². The first-order valence-electron chi connectivity index (χ1n) is 8.33. The van der Waals surface area contributed by atoms with Crippen LogP contribution in [0.15, 0.2) is 53.3 Å². The number of benzene rings is 1. The minimum Gasteiger partial charge on any atom is -0.378 e. The molecule has 2 amide bonds. The predicted molar refractivity (Wildman–Crippen MR) is 102 cm³/mol. The standard InChI is InChI=1S/C19H24N4O3/c1-13(2)21-12-17(18(20)24)14(3)22-16-6-4-15(5-7-16)19(25)23-8-10-26-11-9-23/h4-7,12,22H,3,8-11H2,1-2H3,(H2,20,24)/b17-12+. The summed E-state index contributed by atoms with van der Waals surface area (Å²) in [5, 5.41) is 3.01. The highest BCUT2D eigenvalue weighted by molar-refractivity contribution is 5.98. The summed E-state index contributed by atoms with van der Waals surface area (Å²) in [5.74, 6) is -0.643. The van der Waals surface area contributed by atoms with Crippen LogP contribution >= 0.6 is 0 Å². The second-order valence-electron chi connectivity index (χ2n) is 6.07. The third-order valence-corrected chi connectivity index (χ3v) is 3.77. The van der Waals surface area contributed by atoms with Crippen LogP contribution in [-0.2, 0) is 9.53 Å². The number of hydrogen-bond acceptors (Lipinski definition) is 5. The first-order chi connectivity index (χ1) is 12.4. The Hall–Kier alpha value is -2.93. The fourth-order valence-corrected chi connectivity index (χ4v) is 2.37. The molecule has 0 aromatic heterocycles. The molecule has 1 aromatic carbocycles. The molecule has 2 rings (SSSR count). The Labute approximate surface area is 153 Å². The Balaban J connectivity index is 2.07. The molecule has 7 heteroatoms. The minimum absolute atomic E-state index is 0.0239. The molecule has 1 heterocycles. The molecule has 0 bridgehead atoms. The zero-order chi connectivity index (χ0) is 19.1. The van der Waals surface area contributed by atoms with Gasteiger partial charge in [-0.3, -0.25) is 14.6 Å². The molecule has 0 atom stereocenters. The quantitative estimate of drug-likeness (QED) is 0.462. The largest absolute Gasteiger partial charge is 0.378 e. The molecule has 3 N–H and O–H groups in total. The van der Waals surface area contributed by atoms with Crippen molar-refractivity contribution >= 4 is 23.2 Å². The second-order valence-corrected chi connectivity index (χ2v) is 6.07. The van der Waals surface area contributed by atoms with Crippen molar-refractivity contribution in [3.05, 3.63) is 53.9 Å². The Morgan fingerprint density at radius 1 is 1.23 bits per heavy atom. The second kappa shape index (κ2) is 8.96. The van der Waals surface area contributed by atoms with Gasteiger partial charge in [0.15, 0.2) is 0 Å². The lowest BCUT2D eigenvalue weighted by molar-refractivity contribution is -0.114. The van der Waals surface area contributed by atoms with E-state index in [4.69, 9.17) is 10.5 Å². The lowest BCUT2D eigenvalue weighted by Crippen LogP contribution is -2.40. The van der Waals surface area contributed by atoms with E-state index in [1.165, 1.54) is 6.20 Å². The molecular weight excluding hydrogens is 332 g/mol. The van der Waals surface area contributed by atoms with Crippen molar-refractivity contribution in [3.8, 4) is 0 Å². The molecule has 0 spiro atoms. The van der Waals surface area contributed by atoms with Gasteiger partial charge in [0.2, 0.25) is 0 Å². The van der Waals surface area contributed by atoms with Crippen molar-refractivity contribution in [3.63, 3.8) is 0 Å². The fourth-order valence-electron chi connectivity index (χ4n) is 2.37. The van der Waals surface area contributed by atoms with E-state index in [1.54, 1.807) is 29.2 Å². The highest BCUT2D eigenvalue weighted by atomic mass is 16.5. The third-order valence-electron chi connectivity index (χ3n) is 3.77. The van der Waals surface area contributed by atoms with Crippen molar-refractivity contribution in [1.82, 2.24) is 4.90 Å². The summed E-state index contributed by atoms with van der Waals surface area (Å²) >= 11 is 0. The summed E-state index contributed by atoms with van der Waals surface area (Å²) in [6, 6.07) is 6.97. The number of nitrogens with zero attached hydrogens (tertiary/aromatic N) is 2. The Bertz CT molecular complexity index is 741. The summed E-state index contributed by atoms with van der Waals surface area (Å²) < 4.78 is 5.26. The van der Waals surface area contributed by atoms with Crippen molar-refractivity contribution < 1.29 is 14.3 Å². The predicted octanol–water partition coefficient (Wildman–Crippen LogP) is 1.93. The average molecular weight is 356 g/mol. The highest BCUT2D eigenvalue weighted by Crippen LogP contribution is 2.17. The number of amides is 2. The van der Waals surface area contributed by atoms with Gasteiger partial charge in [-0.1, -0.05) is 6.58 Å². The van der Waals surface area contributed by atoms with E-state index < -0.39 is 5.91 Å². The maximum atomic E-state index is 12.4. The van der Waals surface area contributed by atoms with Crippen LogP contribution in [0.1, 0.15) is 24.2 Å². The molecular formula is C19H24N4O3. The molecule has 0 aliphatic carbocycles. The molecule has 1 aliphatic heterocycles. The van der Waals surface area contributed by atoms with Crippen molar-refractivity contribution in [1.29, 1.82) is 0 Å². The summed E-state index contributed by atoms with van der Waals surface area (Å²) in [5.41, 5.74) is 8.01. The van der Waals surface area contributed by atoms with E-state index in [-0.39, 0.29) is 11.5 Å². The molecule has 138 valence electrons. The molecule has 1 saturated heterocycles. The van der Waals surface area contributed by atoms with Gasteiger partial charge in [-0.25, -0.2) is 0 Å². The van der Waals surface area contributed by atoms with Gasteiger partial charge in [-0.2, -0.15) is 0 Å². The van der Waals surface area contributed by atoms with Gasteiger partial charge in [0.1, 0.15) is 0 Å². The molecule has 1 aromatic rings. The smallest absolute Gasteiger partial charge is 0.254 e. The normalized spacial score (nSPS) is 14.5. The van der Waals surface area contributed by atoms with E-state index >= 15 is 0 Å². The highest BCUT2D eigenvalue weighted by Gasteiger charge is 2.18. The maximum absolute atomic E-state index is 12.4. The number of ether oxygens (including phenoxy) is 1. The van der Waals surface area contributed by atoms with Gasteiger partial charge in [0.25, 0.3) is 11.8 Å². The molecule has 26 heavy (non-hydrogen) atoms. The molecule has 0 saturated carbocycles. The zero-order valence-electron chi connectivity index (χ0n) is 15.1. The number of carbonyl (C=O) groups is 2. The van der Waals surface area contributed by atoms with Gasteiger partial charge in [0.05, 0.1) is 18.8 Å². The van der Waals surface area contributed by atoms with E-state index in [1.807, 2.05) is 13.8 Å². The van der Waals surface area contributed by atoms with Crippen molar-refractivity contribution in [2.24, 2.45) is 10.7 Å². The first kappa shape index (κ1) is 19.4. The summed E-state index contributed by atoms with van der Waals surface area (Å²) in [4.78, 5) is 29.9. The van der Waals surface area contributed by atoms with Gasteiger partial charge < -0.3 is 20.7 Å². The molecule has 1 fully saturated rings. The molecule has 0 radical (unpaired) electrons. The first-order valence-corrected chi connectivity index (χ1v) is 8.33. The zero-order valence-corrected chi connectivity index (χ0v) is 15.1. The minimum atomic E-state index is -0.619. The lowest BCUT2D eigenvalue weighted by atomic mass is 10.1. The van der Waals surface area contributed by atoms with Crippen LogP contribution in [0, 0.1) is 0 Å². The Kier molecular flexibility index (Phi) is 6.68. The van der Waals surface area contributed by atoms with Gasteiger partial charge >= 0.3 is 0 Å². The lowest BCUT2D eigenvalue weighted by Gasteiger charge is -2.26. The number of carbonyl (C=O) groups excluding carboxylic acids is 2. The number of rotatable bonds is 6. The van der Waals surface area contributed by atoms with Crippen LogP contribution in [0.2, 0.25) is 0 Å². The summed E-state index contributed by atoms with van der Waals surface area (Å²) in [7, 11) is 0. The van der Waals surface area contributed by atoms with Crippen molar-refractivity contribution in [2.45, 2.75) is 13.8 Å². The van der Waals surface area contributed by atoms with Gasteiger partial charge in [0, 0.05) is 41.9 Å². The Morgan fingerprint density at radius 2 is 1.85 bits per heavy atom. The molecule has 0 unspecified atom stereocenters. The number of hydrogen-bond donors (Lipinski definition) is 2. The summed E-state index contributed by atoms with van der Waals surface area (Å²) in [6.07, 6.45) is 1.39. The van der Waals surface area contributed by atoms with E-state index in [0.29, 0.717) is 43.3 Å². The Morgan fingerprint density at radius 3 is 2.38 bits per heavy atom. The number of anilines is 1. The molecule has 7 nitrogen and oxygen atoms in total. The van der Waals surface area contributed by atoms with Gasteiger partial charge in [-0.05, 0) is 38.1 Å². The van der Waals surface area contributed by atoms with Crippen LogP contribution in [0.4, 0.5) is 5.69 Å². The van der Waals surface area contributed by atoms with E-state index in [9.17, 15) is 9.59 Å². The van der Waals surface area contributed by atoms with Crippen molar-refractivity contribution in [2.75, 3.05) is 31.6 Å². The third kappa shape index (κ3) is 5.29. The fraction of sp³-hybridized carbons (Fsp3) is 0.316. The van der Waals surface area contributed by atoms with E-state index in [2.05, 4.69) is 16.9 Å². The number of nitrogens with two attached hydrogens (primary N) is 1. The van der Waals surface area contributed by atoms with Crippen LogP contribution in [0.25, 0.3) is 0 Å². The number of primary amides is 1. The maximum Gasteiger partial charge on any atom is 0.254 e. The van der Waals surface area contributed by atoms with Crippen LogP contribution in [-0.4, -0.2) is 48.7 Å². The number of nitrogens with one attached hydrogen (secondary N) is 1. The van der Waals surface area contributed by atoms with Crippen LogP contribution in [0.5, 0.6) is 0 Å².